The van der Waals surface area contributed by atoms with E-state index in [9.17, 15) is 0 Å². The van der Waals surface area contributed by atoms with Gasteiger partial charge in [0.1, 0.15) is 5.75 Å². The molecule has 0 spiro atoms. The summed E-state index contributed by atoms with van der Waals surface area (Å²) in [6, 6.07) is 6.65. The smallest absolute Gasteiger partial charge is 0.231 e. The fraction of sp³-hybridized carbons (Fsp3) is 0.556. The molecular weight excluding hydrogens is 290 g/mol. The summed E-state index contributed by atoms with van der Waals surface area (Å²) >= 11 is 0. The fourth-order valence-corrected chi connectivity index (χ4v) is 3.65. The number of ether oxygens (including phenoxy) is 1. The molecule has 0 saturated carbocycles. The average Bonchev–Trinajstić information content (AvgIpc) is 3.02. The molecular formula is C18H23N3O2. The lowest BCUT2D eigenvalue weighted by Gasteiger charge is -2.31. The number of piperidine rings is 1. The molecule has 4 rings (SSSR count). The number of aromatic nitrogens is 2. The van der Waals surface area contributed by atoms with Crippen molar-refractivity contribution in [2.75, 3.05) is 19.7 Å². The van der Waals surface area contributed by atoms with Crippen LogP contribution >= 0.6 is 0 Å². The molecule has 0 amide bonds. The van der Waals surface area contributed by atoms with Gasteiger partial charge < -0.3 is 9.26 Å². The van der Waals surface area contributed by atoms with E-state index < -0.39 is 0 Å². The van der Waals surface area contributed by atoms with Crippen molar-refractivity contribution in [3.63, 3.8) is 0 Å². The van der Waals surface area contributed by atoms with Gasteiger partial charge in [-0.15, -0.1) is 0 Å². The monoisotopic (exact) mass is 313 g/mol. The van der Waals surface area contributed by atoms with Crippen molar-refractivity contribution in [1.29, 1.82) is 0 Å². The van der Waals surface area contributed by atoms with Gasteiger partial charge >= 0.3 is 0 Å². The first-order valence-corrected chi connectivity index (χ1v) is 8.55. The van der Waals surface area contributed by atoms with Crippen LogP contribution in [0.4, 0.5) is 0 Å². The van der Waals surface area contributed by atoms with Gasteiger partial charge in [0.05, 0.1) is 12.5 Å². The summed E-state index contributed by atoms with van der Waals surface area (Å²) in [6.07, 6.45) is 4.57. The molecule has 0 radical (unpaired) electrons. The number of aryl methyl sites for hydroxylation is 2. The molecule has 2 aromatic rings. The summed E-state index contributed by atoms with van der Waals surface area (Å²) in [5.74, 6) is 2.96. The molecule has 0 aliphatic carbocycles. The zero-order chi connectivity index (χ0) is 15.6. The Hall–Kier alpha value is -1.88. The number of hydrogen-bond donors (Lipinski definition) is 0. The lowest BCUT2D eigenvalue weighted by Crippen LogP contribution is -2.34. The minimum absolute atomic E-state index is 0.367. The van der Waals surface area contributed by atoms with Crippen molar-refractivity contribution >= 4 is 0 Å². The molecule has 5 nitrogen and oxygen atoms in total. The standard InChI is InChI=1S/C18H23N3O2/c1-13-19-18(23-20-13)16-4-2-8-21(12-16)11-14-6-7-17-15(10-14)5-3-9-22-17/h6-7,10,16H,2-5,8-9,11-12H2,1H3. The maximum Gasteiger partial charge on any atom is 0.231 e. The molecule has 1 unspecified atom stereocenters. The van der Waals surface area contributed by atoms with Gasteiger partial charge in [-0.1, -0.05) is 17.3 Å². The van der Waals surface area contributed by atoms with Gasteiger partial charge in [-0.05, 0) is 56.3 Å². The molecule has 1 fully saturated rings. The summed E-state index contributed by atoms with van der Waals surface area (Å²) in [6.45, 7) is 5.84. The van der Waals surface area contributed by atoms with E-state index in [2.05, 4.69) is 33.2 Å². The van der Waals surface area contributed by atoms with E-state index in [-0.39, 0.29) is 0 Å². The summed E-state index contributed by atoms with van der Waals surface area (Å²) in [4.78, 5) is 6.91. The predicted molar refractivity (Wildman–Crippen MR) is 86.5 cm³/mol. The third-order valence-electron chi connectivity index (χ3n) is 4.78. The van der Waals surface area contributed by atoms with Crippen LogP contribution in [0.1, 0.15) is 48.0 Å². The van der Waals surface area contributed by atoms with Gasteiger partial charge in [0.2, 0.25) is 5.89 Å². The Morgan fingerprint density at radius 1 is 1.30 bits per heavy atom. The van der Waals surface area contributed by atoms with E-state index in [1.807, 2.05) is 6.92 Å². The molecule has 0 bridgehead atoms. The SMILES string of the molecule is Cc1noc(C2CCCN(Cc3ccc4c(c3)CCCO4)C2)n1. The second-order valence-electron chi connectivity index (χ2n) is 6.65. The Kier molecular flexibility index (Phi) is 4.04. The minimum atomic E-state index is 0.367. The Bertz CT molecular complexity index is 683. The highest BCUT2D eigenvalue weighted by molar-refractivity contribution is 5.38. The van der Waals surface area contributed by atoms with E-state index in [0.717, 1.165) is 63.0 Å². The molecule has 0 N–H and O–H groups in total. The molecule has 1 aromatic heterocycles. The van der Waals surface area contributed by atoms with Crippen LogP contribution in [0.15, 0.2) is 22.7 Å². The van der Waals surface area contributed by atoms with Crippen LogP contribution in [-0.4, -0.2) is 34.7 Å². The van der Waals surface area contributed by atoms with Crippen LogP contribution in [0.3, 0.4) is 0 Å². The molecule has 5 heteroatoms. The quantitative estimate of drug-likeness (QED) is 0.871. The molecule has 23 heavy (non-hydrogen) atoms. The first-order valence-electron chi connectivity index (χ1n) is 8.55. The Balaban J connectivity index is 1.44. The van der Waals surface area contributed by atoms with E-state index in [0.29, 0.717) is 5.92 Å². The molecule has 2 aliphatic heterocycles. The molecule has 1 aromatic carbocycles. The van der Waals surface area contributed by atoms with Gasteiger partial charge in [-0.3, -0.25) is 4.90 Å². The lowest BCUT2D eigenvalue weighted by atomic mass is 9.97. The van der Waals surface area contributed by atoms with Gasteiger partial charge in [0, 0.05) is 13.1 Å². The van der Waals surface area contributed by atoms with Crippen LogP contribution in [0.25, 0.3) is 0 Å². The van der Waals surface area contributed by atoms with Crippen LogP contribution in [0.2, 0.25) is 0 Å². The van der Waals surface area contributed by atoms with Crippen molar-refractivity contribution in [2.24, 2.45) is 0 Å². The number of fused-ring (bicyclic) bond motifs is 1. The summed E-state index contributed by atoms with van der Waals surface area (Å²) in [7, 11) is 0. The van der Waals surface area contributed by atoms with Gasteiger partial charge in [-0.2, -0.15) is 4.98 Å². The number of likely N-dealkylation sites (tertiary alicyclic amines) is 1. The third-order valence-corrected chi connectivity index (χ3v) is 4.78. The van der Waals surface area contributed by atoms with Crippen molar-refractivity contribution in [3.8, 4) is 5.75 Å². The van der Waals surface area contributed by atoms with Crippen molar-refractivity contribution in [2.45, 2.75) is 45.1 Å². The third kappa shape index (κ3) is 3.24. The van der Waals surface area contributed by atoms with Crippen molar-refractivity contribution in [3.05, 3.63) is 41.0 Å². The largest absolute Gasteiger partial charge is 0.493 e. The zero-order valence-corrected chi connectivity index (χ0v) is 13.6. The molecule has 1 saturated heterocycles. The molecule has 122 valence electrons. The van der Waals surface area contributed by atoms with Crippen LogP contribution < -0.4 is 4.74 Å². The predicted octanol–water partition coefficient (Wildman–Crippen LogP) is 3.08. The summed E-state index contributed by atoms with van der Waals surface area (Å²) in [5, 5.41) is 3.93. The highest BCUT2D eigenvalue weighted by Gasteiger charge is 2.25. The highest BCUT2D eigenvalue weighted by Crippen LogP contribution is 2.29. The topological polar surface area (TPSA) is 51.4 Å². The second-order valence-corrected chi connectivity index (χ2v) is 6.65. The van der Waals surface area contributed by atoms with Crippen molar-refractivity contribution < 1.29 is 9.26 Å². The Morgan fingerprint density at radius 2 is 2.26 bits per heavy atom. The maximum atomic E-state index is 5.70. The molecule has 3 heterocycles. The normalized spacial score (nSPS) is 21.7. The van der Waals surface area contributed by atoms with Crippen LogP contribution in [0.5, 0.6) is 5.75 Å². The minimum Gasteiger partial charge on any atom is -0.493 e. The maximum absolute atomic E-state index is 5.70. The lowest BCUT2D eigenvalue weighted by molar-refractivity contribution is 0.180. The van der Waals surface area contributed by atoms with Crippen LogP contribution in [0, 0.1) is 6.92 Å². The zero-order valence-electron chi connectivity index (χ0n) is 13.6. The Labute approximate surface area is 136 Å². The Morgan fingerprint density at radius 3 is 3.13 bits per heavy atom. The van der Waals surface area contributed by atoms with Gasteiger partial charge in [-0.25, -0.2) is 0 Å². The van der Waals surface area contributed by atoms with Crippen molar-refractivity contribution in [1.82, 2.24) is 15.0 Å². The first-order chi connectivity index (χ1) is 11.3. The summed E-state index contributed by atoms with van der Waals surface area (Å²) < 4.78 is 11.1. The number of hydrogen-bond acceptors (Lipinski definition) is 5. The highest BCUT2D eigenvalue weighted by atomic mass is 16.5. The van der Waals surface area contributed by atoms with E-state index in [1.165, 1.54) is 17.5 Å². The number of nitrogens with zero attached hydrogens (tertiary/aromatic N) is 3. The van der Waals surface area contributed by atoms with Crippen LogP contribution in [-0.2, 0) is 13.0 Å². The van der Waals surface area contributed by atoms with E-state index >= 15 is 0 Å². The van der Waals surface area contributed by atoms with E-state index in [4.69, 9.17) is 9.26 Å². The molecule has 2 aliphatic rings. The second kappa shape index (κ2) is 6.32. The number of rotatable bonds is 3. The summed E-state index contributed by atoms with van der Waals surface area (Å²) in [5.41, 5.74) is 2.73. The average molecular weight is 313 g/mol. The van der Waals surface area contributed by atoms with Gasteiger partial charge in [0.25, 0.3) is 0 Å². The number of benzene rings is 1. The van der Waals surface area contributed by atoms with Gasteiger partial charge in [0.15, 0.2) is 5.82 Å². The first kappa shape index (κ1) is 14.7. The fourth-order valence-electron chi connectivity index (χ4n) is 3.65. The molecule has 1 atom stereocenters. The van der Waals surface area contributed by atoms with E-state index in [1.54, 1.807) is 0 Å².